The molecule has 0 aliphatic carbocycles. The lowest BCUT2D eigenvalue weighted by molar-refractivity contribution is 0.0706. The predicted molar refractivity (Wildman–Crippen MR) is 193 cm³/mol. The van der Waals surface area contributed by atoms with Gasteiger partial charge in [0.25, 0.3) is 0 Å². The fraction of sp³-hybridized carbons (Fsp3) is 0.471. The van der Waals surface area contributed by atoms with Gasteiger partial charge in [0.15, 0.2) is 0 Å². The van der Waals surface area contributed by atoms with Gasteiger partial charge in [-0.25, -0.2) is 0 Å². The summed E-state index contributed by atoms with van der Waals surface area (Å²) in [6.07, 6.45) is 1.17. The second kappa shape index (κ2) is 19.8. The zero-order valence-corrected chi connectivity index (χ0v) is 33.3. The molecule has 0 bridgehead atoms. The van der Waals surface area contributed by atoms with Crippen molar-refractivity contribution in [2.45, 2.75) is 76.3 Å². The molecule has 16 heteroatoms. The molecule has 12 nitrogen and oxygen atoms in total. The van der Waals surface area contributed by atoms with Crippen LogP contribution in [-0.2, 0) is 59.6 Å². The van der Waals surface area contributed by atoms with Crippen molar-refractivity contribution in [1.29, 1.82) is 0 Å². The first-order valence-electron chi connectivity index (χ1n) is 16.9. The van der Waals surface area contributed by atoms with Crippen LogP contribution in [0.15, 0.2) is 82.6 Å². The van der Waals surface area contributed by atoms with Crippen LogP contribution in [0.4, 0.5) is 0 Å². The molecule has 0 unspecified atom stereocenters. The Morgan fingerprint density at radius 2 is 0.680 bits per heavy atom. The summed E-state index contributed by atoms with van der Waals surface area (Å²) < 4.78 is 98.0. The lowest BCUT2D eigenvalue weighted by Gasteiger charge is -2.28. The minimum Gasteiger partial charge on any atom is -0.379 e. The fourth-order valence-electron chi connectivity index (χ4n) is 5.14. The molecular weight excluding hydrogens is 721 g/mol. The highest BCUT2D eigenvalue weighted by molar-refractivity contribution is 7.87. The molecule has 0 atom stereocenters. The van der Waals surface area contributed by atoms with Crippen molar-refractivity contribution in [1.82, 2.24) is 0 Å². The Bertz CT molecular complexity index is 1490. The van der Waals surface area contributed by atoms with Crippen LogP contribution in [0.2, 0.25) is 12.1 Å². The average Bonchev–Trinajstić information content (AvgIpc) is 3.08. The van der Waals surface area contributed by atoms with Gasteiger partial charge >= 0.3 is 37.8 Å². The van der Waals surface area contributed by atoms with Gasteiger partial charge in [0.2, 0.25) is 0 Å². The molecule has 3 aromatic carbocycles. The standard InChI is InChI=1S/C34H50O12S2Si2/c1-7-39-49(40-8-2,41-9-3)27-25-29-13-21-33(22-14-29)47(35,36)45-31-17-19-32(20-18-31)46-48(37,38)34-23-15-30(16-24-34)26-28-50(42-10-4,43-11-5)44-12-6/h13-24H,7-12,25-28H2,1-6H3. The average molecular weight is 771 g/mol. The van der Waals surface area contributed by atoms with Crippen molar-refractivity contribution >= 4 is 37.8 Å². The summed E-state index contributed by atoms with van der Waals surface area (Å²) in [5.74, 6) is -0.00947. The number of hydrogen-bond donors (Lipinski definition) is 0. The Morgan fingerprint density at radius 3 is 0.920 bits per heavy atom. The fourth-order valence-corrected chi connectivity index (χ4v) is 12.2. The van der Waals surface area contributed by atoms with Gasteiger partial charge in [-0.2, -0.15) is 16.8 Å². The van der Waals surface area contributed by atoms with Crippen LogP contribution < -0.4 is 8.37 Å². The highest BCUT2D eigenvalue weighted by Crippen LogP contribution is 2.26. The first-order valence-corrected chi connectivity index (χ1v) is 23.6. The zero-order chi connectivity index (χ0) is 36.7. The lowest BCUT2D eigenvalue weighted by atomic mass is 10.2. The molecule has 0 radical (unpaired) electrons. The normalized spacial score (nSPS) is 12.6. The van der Waals surface area contributed by atoms with Crippen LogP contribution in [0.3, 0.4) is 0 Å². The molecule has 0 heterocycles. The summed E-state index contributed by atoms with van der Waals surface area (Å²) >= 11 is 0. The van der Waals surface area contributed by atoms with E-state index in [1.54, 1.807) is 24.3 Å². The minimum atomic E-state index is -4.16. The van der Waals surface area contributed by atoms with Crippen molar-refractivity contribution in [3.8, 4) is 11.5 Å². The third-order valence-corrected chi connectivity index (χ3v) is 15.9. The summed E-state index contributed by atoms with van der Waals surface area (Å²) in [6.45, 7) is 14.2. The Labute approximate surface area is 299 Å². The topological polar surface area (TPSA) is 142 Å². The number of aryl methyl sites for hydroxylation is 2. The van der Waals surface area contributed by atoms with E-state index in [0.29, 0.717) is 64.6 Å². The maximum absolute atomic E-state index is 13.0. The van der Waals surface area contributed by atoms with E-state index in [-0.39, 0.29) is 21.3 Å². The largest absolute Gasteiger partial charge is 0.501 e. The van der Waals surface area contributed by atoms with Crippen LogP contribution in [0.1, 0.15) is 52.7 Å². The van der Waals surface area contributed by atoms with Crippen LogP contribution in [-0.4, -0.2) is 74.1 Å². The molecule has 278 valence electrons. The summed E-state index contributed by atoms with van der Waals surface area (Å²) in [6, 6.07) is 19.2. The van der Waals surface area contributed by atoms with Gasteiger partial charge in [-0.1, -0.05) is 24.3 Å². The summed E-state index contributed by atoms with van der Waals surface area (Å²) in [7, 11) is -14.0. The Kier molecular flexibility index (Phi) is 16.6. The monoisotopic (exact) mass is 770 g/mol. The SMILES string of the molecule is CCO[Si](CCc1ccc(S(=O)(=O)Oc2ccc(OS(=O)(=O)c3ccc(CC[Si](OCC)(OCC)OCC)cc3)cc2)cc1)(OCC)OCC. The molecule has 0 aromatic heterocycles. The van der Waals surface area contributed by atoms with Gasteiger partial charge in [-0.05, 0) is 114 Å². The lowest BCUT2D eigenvalue weighted by Crippen LogP contribution is -2.46. The van der Waals surface area contributed by atoms with E-state index in [1.165, 1.54) is 48.5 Å². The quantitative estimate of drug-likeness (QED) is 0.0735. The van der Waals surface area contributed by atoms with Crippen molar-refractivity contribution in [2.75, 3.05) is 39.6 Å². The number of hydrogen-bond acceptors (Lipinski definition) is 12. The van der Waals surface area contributed by atoms with Crippen LogP contribution in [0, 0.1) is 0 Å². The van der Waals surface area contributed by atoms with Crippen molar-refractivity contribution in [3.63, 3.8) is 0 Å². The maximum atomic E-state index is 13.0. The summed E-state index contributed by atoms with van der Waals surface area (Å²) in [5, 5.41) is 0. The molecule has 0 aliphatic rings. The van der Waals surface area contributed by atoms with Crippen molar-refractivity contribution in [3.05, 3.63) is 83.9 Å². The molecule has 0 aliphatic heterocycles. The zero-order valence-electron chi connectivity index (χ0n) is 29.7. The van der Waals surface area contributed by atoms with Gasteiger partial charge in [0.05, 0.1) is 0 Å². The molecule has 0 spiro atoms. The second-order valence-corrected chi connectivity index (χ2v) is 19.4. The van der Waals surface area contributed by atoms with E-state index < -0.39 is 37.8 Å². The van der Waals surface area contributed by atoms with E-state index in [2.05, 4.69) is 0 Å². The molecule has 3 aromatic rings. The van der Waals surface area contributed by atoms with Crippen LogP contribution in [0.5, 0.6) is 11.5 Å². The number of benzene rings is 3. The van der Waals surface area contributed by atoms with Gasteiger partial charge < -0.3 is 34.9 Å². The highest BCUT2D eigenvalue weighted by Gasteiger charge is 2.40. The smallest absolute Gasteiger partial charge is 0.379 e. The predicted octanol–water partition coefficient (Wildman–Crippen LogP) is 6.40. The van der Waals surface area contributed by atoms with E-state index in [4.69, 9.17) is 34.9 Å². The Balaban J connectivity index is 1.61. The first kappa shape index (κ1) is 41.8. The Morgan fingerprint density at radius 1 is 0.420 bits per heavy atom. The van der Waals surface area contributed by atoms with Gasteiger partial charge in [-0.3, -0.25) is 0 Å². The van der Waals surface area contributed by atoms with E-state index in [0.717, 1.165) is 11.1 Å². The molecule has 0 N–H and O–H groups in total. The molecular formula is C34H50O12S2Si2. The van der Waals surface area contributed by atoms with Crippen molar-refractivity contribution < 1.29 is 51.8 Å². The van der Waals surface area contributed by atoms with E-state index in [9.17, 15) is 16.8 Å². The van der Waals surface area contributed by atoms with Crippen molar-refractivity contribution in [2.24, 2.45) is 0 Å². The molecule has 3 rings (SSSR count). The van der Waals surface area contributed by atoms with Crippen LogP contribution in [0.25, 0.3) is 0 Å². The summed E-state index contributed by atoms with van der Waals surface area (Å²) in [5.41, 5.74) is 1.79. The molecule has 50 heavy (non-hydrogen) atoms. The van der Waals surface area contributed by atoms with Gasteiger partial charge in [0.1, 0.15) is 21.3 Å². The number of rotatable bonds is 24. The third kappa shape index (κ3) is 12.2. The Hall–Kier alpha value is -2.65. The van der Waals surface area contributed by atoms with E-state index >= 15 is 0 Å². The molecule has 0 saturated heterocycles. The van der Waals surface area contributed by atoms with Gasteiger partial charge in [-0.15, -0.1) is 0 Å². The summed E-state index contributed by atoms with van der Waals surface area (Å²) in [4.78, 5) is -0.0607. The molecule has 0 saturated carbocycles. The third-order valence-electron chi connectivity index (χ3n) is 7.28. The maximum Gasteiger partial charge on any atom is 0.501 e. The minimum absolute atomic E-state index is 0.00473. The first-order chi connectivity index (χ1) is 23.9. The van der Waals surface area contributed by atoms with E-state index in [1.807, 2.05) is 41.5 Å². The highest BCUT2D eigenvalue weighted by atomic mass is 32.2. The second-order valence-electron chi connectivity index (χ2n) is 10.8. The molecule has 0 fully saturated rings. The van der Waals surface area contributed by atoms with Crippen LogP contribution >= 0.6 is 0 Å². The van der Waals surface area contributed by atoms with Gasteiger partial charge in [0, 0.05) is 51.7 Å². The molecule has 0 amide bonds.